The molecule has 1 unspecified atom stereocenters. The van der Waals surface area contributed by atoms with Crippen LogP contribution < -0.4 is 0 Å². The first kappa shape index (κ1) is 15.0. The van der Waals surface area contributed by atoms with E-state index in [9.17, 15) is 5.11 Å². The number of thioether (sulfide) groups is 3. The molecule has 0 aliphatic carbocycles. The highest BCUT2D eigenvalue weighted by Gasteiger charge is 2.34. The van der Waals surface area contributed by atoms with Crippen LogP contribution >= 0.6 is 35.3 Å². The molecule has 1 aromatic rings. The fourth-order valence-corrected chi connectivity index (χ4v) is 4.46. The molecule has 0 fully saturated rings. The molecular weight excluding hydrogens is 268 g/mol. The van der Waals surface area contributed by atoms with Gasteiger partial charge in [-0.2, -0.15) is 0 Å². The molecule has 4 heteroatoms. The molecule has 0 aliphatic rings. The van der Waals surface area contributed by atoms with Gasteiger partial charge in [-0.15, -0.1) is 35.3 Å². The van der Waals surface area contributed by atoms with E-state index < -0.39 is 6.10 Å². The maximum absolute atomic E-state index is 10.3. The van der Waals surface area contributed by atoms with Crippen LogP contribution in [0.15, 0.2) is 36.4 Å². The molecule has 1 aromatic carbocycles. The monoisotopic (exact) mass is 286 g/mol. The first-order valence-electron chi connectivity index (χ1n) is 5.25. The van der Waals surface area contributed by atoms with Gasteiger partial charge in [-0.1, -0.05) is 42.5 Å². The summed E-state index contributed by atoms with van der Waals surface area (Å²) in [5.74, 6) is 0. The number of benzene rings is 1. The van der Waals surface area contributed by atoms with Crippen LogP contribution in [0.25, 0.3) is 6.08 Å². The molecule has 1 rings (SSSR count). The molecule has 1 N–H and O–H groups in total. The van der Waals surface area contributed by atoms with Crippen LogP contribution in [-0.4, -0.2) is 33.4 Å². The van der Waals surface area contributed by atoms with E-state index in [1.165, 1.54) is 0 Å². The number of aliphatic hydroxyl groups is 1. The average molecular weight is 286 g/mol. The lowest BCUT2D eigenvalue weighted by atomic mass is 10.2. The Balaban J connectivity index is 2.77. The molecule has 1 nitrogen and oxygen atoms in total. The van der Waals surface area contributed by atoms with E-state index in [1.807, 2.05) is 61.3 Å². The maximum Gasteiger partial charge on any atom is 0.136 e. The normalized spacial score (nSPS) is 14.1. The molecule has 0 radical (unpaired) electrons. The molecule has 0 aromatic heterocycles. The molecule has 0 bridgehead atoms. The predicted molar refractivity (Wildman–Crippen MR) is 84.8 cm³/mol. The average Bonchev–Trinajstić information content (AvgIpc) is 2.40. The minimum atomic E-state index is -0.470. The first-order valence-corrected chi connectivity index (χ1v) is 8.92. The Kier molecular flexibility index (Phi) is 6.55. The van der Waals surface area contributed by atoms with Crippen molar-refractivity contribution in [3.63, 3.8) is 0 Å². The van der Waals surface area contributed by atoms with Crippen LogP contribution in [0.1, 0.15) is 5.56 Å². The highest BCUT2D eigenvalue weighted by atomic mass is 32.3. The first-order chi connectivity index (χ1) is 8.18. The smallest absolute Gasteiger partial charge is 0.136 e. The summed E-state index contributed by atoms with van der Waals surface area (Å²) < 4.78 is -0.217. The van der Waals surface area contributed by atoms with Gasteiger partial charge in [-0.25, -0.2) is 0 Å². The third-order valence-corrected chi connectivity index (χ3v) is 7.92. The molecule has 0 saturated carbocycles. The summed E-state index contributed by atoms with van der Waals surface area (Å²) in [6, 6.07) is 10.0. The van der Waals surface area contributed by atoms with Crippen LogP contribution in [0.4, 0.5) is 0 Å². The molecule has 0 amide bonds. The highest BCUT2D eigenvalue weighted by molar-refractivity contribution is 8.33. The highest BCUT2D eigenvalue weighted by Crippen LogP contribution is 2.46. The Labute approximate surface area is 116 Å². The standard InChI is InChI=1S/C13H18OS3/c1-15-13(16-2,17-3)12(14)10-9-11-7-5-4-6-8-11/h4-10,12,14H,1-3H3/b10-9+. The fourth-order valence-electron chi connectivity index (χ4n) is 1.50. The van der Waals surface area contributed by atoms with Crippen molar-refractivity contribution in [2.75, 3.05) is 18.8 Å². The quantitative estimate of drug-likeness (QED) is 0.802. The van der Waals surface area contributed by atoms with Gasteiger partial charge >= 0.3 is 0 Å². The van der Waals surface area contributed by atoms with E-state index in [-0.39, 0.29) is 3.41 Å². The lowest BCUT2D eigenvalue weighted by Gasteiger charge is -2.31. The summed E-state index contributed by atoms with van der Waals surface area (Å²) in [5, 5.41) is 10.3. The Morgan fingerprint density at radius 3 is 2.06 bits per heavy atom. The van der Waals surface area contributed by atoms with Crippen molar-refractivity contribution in [1.29, 1.82) is 0 Å². The van der Waals surface area contributed by atoms with Crippen molar-refractivity contribution >= 4 is 41.4 Å². The van der Waals surface area contributed by atoms with Crippen molar-refractivity contribution in [2.24, 2.45) is 0 Å². The van der Waals surface area contributed by atoms with Crippen molar-refractivity contribution in [2.45, 2.75) is 9.52 Å². The third kappa shape index (κ3) is 3.98. The van der Waals surface area contributed by atoms with Crippen molar-refractivity contribution in [3.05, 3.63) is 42.0 Å². The summed E-state index contributed by atoms with van der Waals surface area (Å²) in [5.41, 5.74) is 1.11. The van der Waals surface area contributed by atoms with E-state index in [4.69, 9.17) is 0 Å². The molecule has 94 valence electrons. The predicted octanol–water partition coefficient (Wildman–Crippen LogP) is 3.80. The SMILES string of the molecule is CSC(SC)(SC)C(O)/C=C/c1ccccc1. The van der Waals surface area contributed by atoms with Gasteiger partial charge in [-0.05, 0) is 24.3 Å². The largest absolute Gasteiger partial charge is 0.386 e. The molecule has 0 spiro atoms. The summed E-state index contributed by atoms with van der Waals surface area (Å²) >= 11 is 5.06. The summed E-state index contributed by atoms with van der Waals surface area (Å²) in [4.78, 5) is 0. The fraction of sp³-hybridized carbons (Fsp3) is 0.385. The minimum absolute atomic E-state index is 0.217. The van der Waals surface area contributed by atoms with E-state index in [0.717, 1.165) is 5.56 Å². The van der Waals surface area contributed by atoms with E-state index in [0.29, 0.717) is 0 Å². The van der Waals surface area contributed by atoms with Gasteiger partial charge in [0, 0.05) is 0 Å². The minimum Gasteiger partial charge on any atom is -0.386 e. The van der Waals surface area contributed by atoms with Crippen LogP contribution in [0.2, 0.25) is 0 Å². The summed E-state index contributed by atoms with van der Waals surface area (Å²) in [7, 11) is 0. The Bertz CT molecular complexity index is 339. The third-order valence-electron chi connectivity index (χ3n) is 2.49. The van der Waals surface area contributed by atoms with Gasteiger partial charge in [0.05, 0.1) is 0 Å². The molecule has 0 heterocycles. The van der Waals surface area contributed by atoms with E-state index >= 15 is 0 Å². The van der Waals surface area contributed by atoms with Crippen molar-refractivity contribution < 1.29 is 5.11 Å². The number of rotatable bonds is 6. The van der Waals surface area contributed by atoms with Gasteiger partial charge in [0.1, 0.15) is 9.52 Å². The van der Waals surface area contributed by atoms with Gasteiger partial charge in [0.25, 0.3) is 0 Å². The lowest BCUT2D eigenvalue weighted by molar-refractivity contribution is 0.235. The second-order valence-electron chi connectivity index (χ2n) is 3.43. The Morgan fingerprint density at radius 2 is 1.59 bits per heavy atom. The van der Waals surface area contributed by atoms with Crippen LogP contribution in [0, 0.1) is 0 Å². The molecule has 1 atom stereocenters. The topological polar surface area (TPSA) is 20.2 Å². The molecular formula is C13H18OS3. The Hall–Kier alpha value is -0.0300. The van der Waals surface area contributed by atoms with Crippen LogP contribution in [-0.2, 0) is 0 Å². The van der Waals surface area contributed by atoms with Gasteiger partial charge in [-0.3, -0.25) is 0 Å². The number of aliphatic hydroxyl groups excluding tert-OH is 1. The number of hydrogen-bond acceptors (Lipinski definition) is 4. The van der Waals surface area contributed by atoms with Gasteiger partial charge in [0.15, 0.2) is 0 Å². The second kappa shape index (κ2) is 7.41. The van der Waals surface area contributed by atoms with Crippen molar-refractivity contribution in [1.82, 2.24) is 0 Å². The van der Waals surface area contributed by atoms with E-state index in [2.05, 4.69) is 0 Å². The lowest BCUT2D eigenvalue weighted by Crippen LogP contribution is -2.30. The zero-order valence-electron chi connectivity index (χ0n) is 10.3. The zero-order chi connectivity index (χ0) is 12.7. The van der Waals surface area contributed by atoms with E-state index in [1.54, 1.807) is 35.3 Å². The number of hydrogen-bond donors (Lipinski definition) is 1. The second-order valence-corrected chi connectivity index (χ2v) is 7.36. The maximum atomic E-state index is 10.3. The van der Waals surface area contributed by atoms with Crippen molar-refractivity contribution in [3.8, 4) is 0 Å². The van der Waals surface area contributed by atoms with Gasteiger partial charge < -0.3 is 5.11 Å². The van der Waals surface area contributed by atoms with Crippen LogP contribution in [0.3, 0.4) is 0 Å². The van der Waals surface area contributed by atoms with Crippen LogP contribution in [0.5, 0.6) is 0 Å². The molecule has 0 aliphatic heterocycles. The molecule has 17 heavy (non-hydrogen) atoms. The zero-order valence-corrected chi connectivity index (χ0v) is 12.7. The summed E-state index contributed by atoms with van der Waals surface area (Å²) in [6.45, 7) is 0. The van der Waals surface area contributed by atoms with Gasteiger partial charge in [0.2, 0.25) is 0 Å². The molecule has 0 saturated heterocycles. The Morgan fingerprint density at radius 1 is 1.06 bits per heavy atom. The summed E-state index contributed by atoms with van der Waals surface area (Å²) in [6.07, 6.45) is 9.48.